The first-order chi connectivity index (χ1) is 8.80. The molecule has 9 heteroatoms. The summed E-state index contributed by atoms with van der Waals surface area (Å²) in [5, 5.41) is 27.4. The summed E-state index contributed by atoms with van der Waals surface area (Å²) in [5.74, 6) is 0. The molecule has 0 aliphatic carbocycles. The molecule has 0 unspecified atom stereocenters. The molecule has 0 atom stereocenters. The van der Waals surface area contributed by atoms with E-state index < -0.39 is 35.4 Å². The Hall–Kier alpha value is -0.710. The van der Waals surface area contributed by atoms with Crippen LogP contribution in [-0.4, -0.2) is 49.1 Å². The van der Waals surface area contributed by atoms with E-state index in [1.807, 2.05) is 0 Å². The summed E-state index contributed by atoms with van der Waals surface area (Å²) >= 11 is 3.08. The summed E-state index contributed by atoms with van der Waals surface area (Å²) in [5.41, 5.74) is 4.03. The first-order valence-electron chi connectivity index (χ1n) is 5.22. The number of nitrogens with two attached hydrogens (primary N) is 1. The third-order valence-electron chi connectivity index (χ3n) is 2.50. The van der Waals surface area contributed by atoms with E-state index in [-0.39, 0.29) is 15.1 Å². The Morgan fingerprint density at radius 2 is 1.74 bits per heavy atom. The molecule has 0 radical (unpaired) electrons. The number of anilines is 1. The topological polar surface area (TPSA) is 133 Å². The van der Waals surface area contributed by atoms with Gasteiger partial charge in [-0.2, -0.15) is 4.72 Å². The molecule has 0 saturated carbocycles. The Kier molecular flexibility index (Phi) is 5.30. The van der Waals surface area contributed by atoms with Gasteiger partial charge < -0.3 is 21.1 Å². The minimum atomic E-state index is -4.06. The van der Waals surface area contributed by atoms with E-state index in [1.165, 1.54) is 18.2 Å². The summed E-state index contributed by atoms with van der Waals surface area (Å²) in [6, 6.07) is 4.20. The first-order valence-corrected chi connectivity index (χ1v) is 7.49. The fourth-order valence-electron chi connectivity index (χ4n) is 1.31. The highest BCUT2D eigenvalue weighted by Crippen LogP contribution is 2.25. The fourth-order valence-corrected chi connectivity index (χ4v) is 3.69. The normalized spacial score (nSPS) is 12.6. The Labute approximate surface area is 119 Å². The maximum atomic E-state index is 12.2. The molecule has 0 fully saturated rings. The Morgan fingerprint density at radius 3 is 2.21 bits per heavy atom. The summed E-state index contributed by atoms with van der Waals surface area (Å²) in [6.07, 6.45) is 0. The van der Waals surface area contributed by atoms with Crippen molar-refractivity contribution in [2.45, 2.75) is 10.4 Å². The van der Waals surface area contributed by atoms with E-state index in [9.17, 15) is 8.42 Å². The van der Waals surface area contributed by atoms with Gasteiger partial charge in [-0.25, -0.2) is 8.42 Å². The second-order valence-electron chi connectivity index (χ2n) is 4.05. The number of sulfonamides is 1. The van der Waals surface area contributed by atoms with Crippen LogP contribution in [0.2, 0.25) is 0 Å². The van der Waals surface area contributed by atoms with Gasteiger partial charge in [0.1, 0.15) is 5.54 Å². The molecule has 1 aromatic rings. The summed E-state index contributed by atoms with van der Waals surface area (Å²) in [7, 11) is -4.06. The zero-order valence-corrected chi connectivity index (χ0v) is 12.3. The maximum absolute atomic E-state index is 12.2. The lowest BCUT2D eigenvalue weighted by molar-refractivity contribution is 0.0582. The van der Waals surface area contributed by atoms with Crippen LogP contribution in [-0.2, 0) is 10.0 Å². The second-order valence-corrected chi connectivity index (χ2v) is 6.56. The quantitative estimate of drug-likeness (QED) is 0.417. The van der Waals surface area contributed by atoms with Crippen molar-refractivity contribution in [2.24, 2.45) is 0 Å². The van der Waals surface area contributed by atoms with E-state index in [4.69, 9.17) is 21.1 Å². The minimum absolute atomic E-state index is 0.146. The predicted octanol–water partition coefficient (Wildman–Crippen LogP) is -0.975. The largest absolute Gasteiger partial charge is 0.399 e. The highest BCUT2D eigenvalue weighted by molar-refractivity contribution is 9.10. The molecule has 6 N–H and O–H groups in total. The van der Waals surface area contributed by atoms with Gasteiger partial charge in [0.05, 0.1) is 24.7 Å². The molecular weight excluding hydrogens is 340 g/mol. The van der Waals surface area contributed by atoms with Crippen LogP contribution in [0.15, 0.2) is 27.6 Å². The smallest absolute Gasteiger partial charge is 0.242 e. The van der Waals surface area contributed by atoms with Crippen molar-refractivity contribution in [3.63, 3.8) is 0 Å². The molecule has 1 aromatic carbocycles. The minimum Gasteiger partial charge on any atom is -0.399 e. The van der Waals surface area contributed by atoms with Crippen molar-refractivity contribution in [2.75, 3.05) is 25.6 Å². The molecule has 0 bridgehead atoms. The number of benzene rings is 1. The molecule has 0 aliphatic rings. The van der Waals surface area contributed by atoms with Crippen molar-refractivity contribution in [1.82, 2.24) is 4.72 Å². The fraction of sp³-hybridized carbons (Fsp3) is 0.400. The van der Waals surface area contributed by atoms with Crippen LogP contribution in [0.25, 0.3) is 0 Å². The van der Waals surface area contributed by atoms with Gasteiger partial charge in [-0.05, 0) is 34.1 Å². The van der Waals surface area contributed by atoms with Crippen molar-refractivity contribution < 1.29 is 23.7 Å². The van der Waals surface area contributed by atoms with Gasteiger partial charge in [-0.1, -0.05) is 0 Å². The first kappa shape index (κ1) is 16.3. The van der Waals surface area contributed by atoms with Crippen LogP contribution >= 0.6 is 15.9 Å². The standard InChI is InChI=1S/C10H15BrN2O5S/c11-8-2-1-7(12)3-9(8)19(17,18)13-10(4-14,5-15)6-16/h1-3,13-16H,4-6,12H2. The van der Waals surface area contributed by atoms with Gasteiger partial charge in [-0.3, -0.25) is 0 Å². The van der Waals surface area contributed by atoms with E-state index in [2.05, 4.69) is 20.7 Å². The van der Waals surface area contributed by atoms with E-state index in [0.29, 0.717) is 0 Å². The maximum Gasteiger partial charge on any atom is 0.242 e. The van der Waals surface area contributed by atoms with Crippen LogP contribution in [0.5, 0.6) is 0 Å². The number of nitrogens with one attached hydrogen (secondary N) is 1. The second kappa shape index (κ2) is 6.16. The molecule has 1 rings (SSSR count). The van der Waals surface area contributed by atoms with Gasteiger partial charge in [0.25, 0.3) is 0 Å². The SMILES string of the molecule is Nc1ccc(Br)c(S(=O)(=O)NC(CO)(CO)CO)c1. The average Bonchev–Trinajstić information content (AvgIpc) is 2.39. The highest BCUT2D eigenvalue weighted by atomic mass is 79.9. The molecule has 0 spiro atoms. The molecule has 0 amide bonds. The van der Waals surface area contributed by atoms with Gasteiger partial charge in [-0.15, -0.1) is 0 Å². The molecule has 0 aromatic heterocycles. The lowest BCUT2D eigenvalue weighted by Gasteiger charge is -2.28. The molecule has 108 valence electrons. The number of rotatable bonds is 6. The van der Waals surface area contributed by atoms with E-state index in [0.717, 1.165) is 0 Å². The third-order valence-corrected chi connectivity index (χ3v) is 5.08. The van der Waals surface area contributed by atoms with Crippen molar-refractivity contribution in [1.29, 1.82) is 0 Å². The number of aliphatic hydroxyl groups is 3. The molecule has 0 heterocycles. The number of halogens is 1. The number of hydrogen-bond acceptors (Lipinski definition) is 6. The zero-order valence-electron chi connectivity index (χ0n) is 9.88. The molecule has 19 heavy (non-hydrogen) atoms. The molecular formula is C10H15BrN2O5S. The van der Waals surface area contributed by atoms with Crippen LogP contribution in [0, 0.1) is 0 Å². The number of aliphatic hydroxyl groups excluding tert-OH is 3. The van der Waals surface area contributed by atoms with Crippen molar-refractivity contribution in [3.05, 3.63) is 22.7 Å². The molecule has 7 nitrogen and oxygen atoms in total. The summed E-state index contributed by atoms with van der Waals surface area (Å²) < 4.78 is 26.7. The lowest BCUT2D eigenvalue weighted by Crippen LogP contribution is -2.56. The lowest BCUT2D eigenvalue weighted by atomic mass is 10.1. The van der Waals surface area contributed by atoms with Gasteiger partial charge in [0.15, 0.2) is 0 Å². The third kappa shape index (κ3) is 3.65. The average molecular weight is 355 g/mol. The van der Waals surface area contributed by atoms with Gasteiger partial charge >= 0.3 is 0 Å². The van der Waals surface area contributed by atoms with E-state index in [1.54, 1.807) is 0 Å². The monoisotopic (exact) mass is 354 g/mol. The number of nitrogen functional groups attached to an aromatic ring is 1. The zero-order chi connectivity index (χ0) is 14.7. The van der Waals surface area contributed by atoms with Crippen LogP contribution in [0.1, 0.15) is 0 Å². The van der Waals surface area contributed by atoms with Crippen LogP contribution in [0.4, 0.5) is 5.69 Å². The summed E-state index contributed by atoms with van der Waals surface area (Å²) in [4.78, 5) is -0.146. The van der Waals surface area contributed by atoms with Crippen LogP contribution < -0.4 is 10.5 Å². The van der Waals surface area contributed by atoms with Crippen molar-refractivity contribution in [3.8, 4) is 0 Å². The predicted molar refractivity (Wildman–Crippen MR) is 72.9 cm³/mol. The highest BCUT2D eigenvalue weighted by Gasteiger charge is 2.34. The number of hydrogen-bond donors (Lipinski definition) is 5. The van der Waals surface area contributed by atoms with E-state index >= 15 is 0 Å². The molecule has 0 saturated heterocycles. The Bertz CT molecular complexity index is 537. The van der Waals surface area contributed by atoms with Crippen molar-refractivity contribution >= 4 is 31.6 Å². The van der Waals surface area contributed by atoms with Gasteiger partial charge in [0, 0.05) is 10.2 Å². The molecule has 0 aliphatic heterocycles. The van der Waals surface area contributed by atoms with Crippen LogP contribution in [0.3, 0.4) is 0 Å². The van der Waals surface area contributed by atoms with Gasteiger partial charge in [0.2, 0.25) is 10.0 Å². The Balaban J connectivity index is 3.21. The Morgan fingerprint density at radius 1 is 1.21 bits per heavy atom. The summed E-state index contributed by atoms with van der Waals surface area (Å²) in [6.45, 7) is -2.25.